The van der Waals surface area contributed by atoms with E-state index in [-0.39, 0.29) is 18.3 Å². The second-order valence-corrected chi connectivity index (χ2v) is 7.20. The molecule has 1 amide bonds. The van der Waals surface area contributed by atoms with Gasteiger partial charge in [0, 0.05) is 30.4 Å². The standard InChI is InChI=1S/C20H15F3N6O2/c1-28(15-8-31-16-5-17(20(21,22)23)26-6-11(15)16)19(30)10-2-3-12-13(4-10)29-9-25-7-14(29)18(24)27-12/h2-7,9,15H,8H2,1H3,(H2,24,27)/t15-/m0/s1. The molecule has 1 aromatic carbocycles. The molecule has 1 aliphatic rings. The summed E-state index contributed by atoms with van der Waals surface area (Å²) in [5.74, 6) is 0.0743. The van der Waals surface area contributed by atoms with Gasteiger partial charge in [0.1, 0.15) is 29.4 Å². The van der Waals surface area contributed by atoms with Crippen molar-refractivity contribution >= 4 is 28.3 Å². The van der Waals surface area contributed by atoms with Gasteiger partial charge in [0.15, 0.2) is 0 Å². The van der Waals surface area contributed by atoms with Crippen molar-refractivity contribution in [2.75, 3.05) is 19.4 Å². The molecule has 1 atom stereocenters. The lowest BCUT2D eigenvalue weighted by molar-refractivity contribution is -0.141. The van der Waals surface area contributed by atoms with Crippen LogP contribution in [0, 0.1) is 0 Å². The third-order valence-electron chi connectivity index (χ3n) is 5.35. The highest BCUT2D eigenvalue weighted by molar-refractivity contribution is 5.98. The van der Waals surface area contributed by atoms with Crippen LogP contribution in [0.4, 0.5) is 19.0 Å². The molecule has 0 bridgehead atoms. The minimum absolute atomic E-state index is 0.0397. The van der Waals surface area contributed by atoms with Crippen molar-refractivity contribution in [2.45, 2.75) is 12.2 Å². The predicted molar refractivity (Wildman–Crippen MR) is 104 cm³/mol. The number of nitrogens with zero attached hydrogens (tertiary/aromatic N) is 5. The first-order valence-electron chi connectivity index (χ1n) is 9.22. The highest BCUT2D eigenvalue weighted by Gasteiger charge is 2.37. The molecule has 0 saturated heterocycles. The third-order valence-corrected chi connectivity index (χ3v) is 5.35. The largest absolute Gasteiger partial charge is 0.491 e. The second-order valence-electron chi connectivity index (χ2n) is 7.20. The lowest BCUT2D eigenvalue weighted by Gasteiger charge is -2.23. The van der Waals surface area contributed by atoms with Gasteiger partial charge in [-0.05, 0) is 18.2 Å². The Hall–Kier alpha value is -3.89. The van der Waals surface area contributed by atoms with Crippen molar-refractivity contribution in [3.8, 4) is 5.75 Å². The van der Waals surface area contributed by atoms with Crippen molar-refractivity contribution in [3.63, 3.8) is 0 Å². The average molecular weight is 428 g/mol. The Morgan fingerprint density at radius 1 is 1.26 bits per heavy atom. The molecule has 158 valence electrons. The summed E-state index contributed by atoms with van der Waals surface area (Å²) in [6, 6.07) is 5.28. The number of carbonyl (C=O) groups is 1. The van der Waals surface area contributed by atoms with E-state index < -0.39 is 17.9 Å². The fourth-order valence-electron chi connectivity index (χ4n) is 3.71. The number of nitrogens with two attached hydrogens (primary N) is 1. The van der Waals surface area contributed by atoms with Gasteiger partial charge in [0.2, 0.25) is 0 Å². The van der Waals surface area contributed by atoms with Gasteiger partial charge in [0.25, 0.3) is 5.91 Å². The van der Waals surface area contributed by atoms with Crippen LogP contribution >= 0.6 is 0 Å². The lowest BCUT2D eigenvalue weighted by atomic mass is 10.1. The smallest absolute Gasteiger partial charge is 0.433 e. The number of nitrogen functional groups attached to an aromatic ring is 1. The highest BCUT2D eigenvalue weighted by atomic mass is 19.4. The molecule has 2 N–H and O–H groups in total. The summed E-state index contributed by atoms with van der Waals surface area (Å²) in [6.45, 7) is 0.0397. The molecule has 3 aromatic heterocycles. The quantitative estimate of drug-likeness (QED) is 0.527. The fourth-order valence-corrected chi connectivity index (χ4v) is 3.71. The number of hydrogen-bond acceptors (Lipinski definition) is 6. The number of anilines is 1. The van der Waals surface area contributed by atoms with E-state index in [2.05, 4.69) is 15.0 Å². The van der Waals surface area contributed by atoms with Gasteiger partial charge in [-0.25, -0.2) is 9.97 Å². The Bertz CT molecular complexity index is 1350. The zero-order valence-electron chi connectivity index (χ0n) is 16.1. The number of ether oxygens (including phenoxy) is 1. The molecular formula is C20H15F3N6O2. The van der Waals surface area contributed by atoms with E-state index in [4.69, 9.17) is 10.5 Å². The zero-order chi connectivity index (χ0) is 21.9. The van der Waals surface area contributed by atoms with Crippen molar-refractivity contribution in [1.82, 2.24) is 24.3 Å². The topological polar surface area (TPSA) is 98.6 Å². The molecular weight excluding hydrogens is 413 g/mol. The molecule has 0 unspecified atom stereocenters. The Balaban J connectivity index is 1.49. The van der Waals surface area contributed by atoms with Crippen molar-refractivity contribution in [1.29, 1.82) is 0 Å². The predicted octanol–water partition coefficient (Wildman–Crippen LogP) is 3.08. The van der Waals surface area contributed by atoms with Crippen LogP contribution in [0.2, 0.25) is 0 Å². The maximum Gasteiger partial charge on any atom is 0.433 e. The Kier molecular flexibility index (Phi) is 4.04. The van der Waals surface area contributed by atoms with E-state index >= 15 is 0 Å². The van der Waals surface area contributed by atoms with E-state index in [1.165, 1.54) is 4.90 Å². The van der Waals surface area contributed by atoms with Gasteiger partial charge in [-0.1, -0.05) is 0 Å². The molecule has 0 spiro atoms. The van der Waals surface area contributed by atoms with Crippen molar-refractivity contribution in [3.05, 3.63) is 59.8 Å². The number of rotatable bonds is 2. The number of pyridine rings is 1. The highest BCUT2D eigenvalue weighted by Crippen LogP contribution is 2.39. The number of amides is 1. The first kappa shape index (κ1) is 19.1. The van der Waals surface area contributed by atoms with Crippen LogP contribution in [0.25, 0.3) is 16.6 Å². The van der Waals surface area contributed by atoms with Crippen LogP contribution < -0.4 is 10.5 Å². The Labute approximate surface area is 173 Å². The van der Waals surface area contributed by atoms with Crippen LogP contribution in [-0.4, -0.2) is 43.8 Å². The normalized spacial score (nSPS) is 15.8. The molecule has 1 aliphatic heterocycles. The van der Waals surface area contributed by atoms with Gasteiger partial charge in [0.05, 0.1) is 29.6 Å². The molecule has 0 fully saturated rings. The Morgan fingerprint density at radius 2 is 2.06 bits per heavy atom. The minimum Gasteiger partial charge on any atom is -0.491 e. The molecule has 0 radical (unpaired) electrons. The molecule has 0 aliphatic carbocycles. The second kappa shape index (κ2) is 6.56. The number of imidazole rings is 1. The van der Waals surface area contributed by atoms with Gasteiger partial charge in [-0.2, -0.15) is 13.2 Å². The summed E-state index contributed by atoms with van der Waals surface area (Å²) in [6.07, 6.45) is -0.295. The molecule has 11 heteroatoms. The molecule has 8 nitrogen and oxygen atoms in total. The number of alkyl halides is 3. The summed E-state index contributed by atoms with van der Waals surface area (Å²) < 4.78 is 45.9. The number of aromatic nitrogens is 4. The van der Waals surface area contributed by atoms with Crippen LogP contribution in [0.5, 0.6) is 5.75 Å². The summed E-state index contributed by atoms with van der Waals surface area (Å²) in [5, 5.41) is 0. The van der Waals surface area contributed by atoms with E-state index in [9.17, 15) is 18.0 Å². The molecule has 4 aromatic rings. The number of benzene rings is 1. The summed E-state index contributed by atoms with van der Waals surface area (Å²) in [4.78, 5) is 26.5. The minimum atomic E-state index is -4.57. The van der Waals surface area contributed by atoms with Crippen LogP contribution in [0.15, 0.2) is 43.0 Å². The monoisotopic (exact) mass is 428 g/mol. The fraction of sp³-hybridized carbons (Fsp3) is 0.200. The number of carbonyl (C=O) groups excluding carboxylic acids is 1. The average Bonchev–Trinajstić information content (AvgIpc) is 3.39. The van der Waals surface area contributed by atoms with Crippen LogP contribution in [-0.2, 0) is 6.18 Å². The summed E-state index contributed by atoms with van der Waals surface area (Å²) in [7, 11) is 1.57. The summed E-state index contributed by atoms with van der Waals surface area (Å²) in [5.41, 5.74) is 7.58. The van der Waals surface area contributed by atoms with Gasteiger partial charge in [-0.3, -0.25) is 14.2 Å². The SMILES string of the molecule is CN(C(=O)c1ccc2nc(N)c3cncn3c2c1)[C@H]1COc2cc(C(F)(F)F)ncc21. The van der Waals surface area contributed by atoms with E-state index in [0.29, 0.717) is 33.5 Å². The van der Waals surface area contributed by atoms with Gasteiger partial charge < -0.3 is 15.4 Å². The van der Waals surface area contributed by atoms with Crippen molar-refractivity contribution < 1.29 is 22.7 Å². The molecule has 31 heavy (non-hydrogen) atoms. The van der Waals surface area contributed by atoms with Gasteiger partial charge in [-0.15, -0.1) is 0 Å². The molecule has 0 saturated carbocycles. The summed E-state index contributed by atoms with van der Waals surface area (Å²) >= 11 is 0. The maximum atomic E-state index is 13.2. The first-order valence-corrected chi connectivity index (χ1v) is 9.22. The number of hydrogen-bond donors (Lipinski definition) is 1. The molecule has 4 heterocycles. The number of fused-ring (bicyclic) bond motifs is 4. The number of likely N-dealkylation sites (N-methyl/N-ethyl adjacent to an activating group) is 1. The first-order chi connectivity index (χ1) is 14.7. The third kappa shape index (κ3) is 3.00. The Morgan fingerprint density at radius 3 is 2.84 bits per heavy atom. The lowest BCUT2D eigenvalue weighted by Crippen LogP contribution is -2.32. The van der Waals surface area contributed by atoms with E-state index in [0.717, 1.165) is 12.3 Å². The van der Waals surface area contributed by atoms with E-state index in [1.807, 2.05) is 0 Å². The zero-order valence-corrected chi connectivity index (χ0v) is 16.1. The van der Waals surface area contributed by atoms with Gasteiger partial charge >= 0.3 is 6.18 Å². The van der Waals surface area contributed by atoms with E-state index in [1.54, 1.807) is 42.2 Å². The van der Waals surface area contributed by atoms with Crippen LogP contribution in [0.1, 0.15) is 27.7 Å². The number of halogens is 3. The molecule has 5 rings (SSSR count). The van der Waals surface area contributed by atoms with Crippen LogP contribution in [0.3, 0.4) is 0 Å². The van der Waals surface area contributed by atoms with Crippen molar-refractivity contribution in [2.24, 2.45) is 0 Å². The maximum absolute atomic E-state index is 13.2.